The van der Waals surface area contributed by atoms with Gasteiger partial charge in [0.2, 0.25) is 0 Å². The molecule has 104 valence electrons. The van der Waals surface area contributed by atoms with Crippen LogP contribution in [0, 0.1) is 0 Å². The summed E-state index contributed by atoms with van der Waals surface area (Å²) in [5.74, 6) is 5.78. The number of fused-ring (bicyclic) bond motifs is 1. The molecule has 0 spiro atoms. The zero-order valence-electron chi connectivity index (χ0n) is 11.6. The van der Waals surface area contributed by atoms with Crippen LogP contribution in [0.2, 0.25) is 0 Å². The predicted molar refractivity (Wildman–Crippen MR) is 77.8 cm³/mol. The van der Waals surface area contributed by atoms with Gasteiger partial charge in [-0.25, -0.2) is 5.43 Å². The molecule has 0 radical (unpaired) electrons. The summed E-state index contributed by atoms with van der Waals surface area (Å²) < 4.78 is 3.80. The Bertz CT molecular complexity index is 726. The van der Waals surface area contributed by atoms with E-state index in [0.717, 1.165) is 28.8 Å². The van der Waals surface area contributed by atoms with Gasteiger partial charge >= 0.3 is 0 Å². The van der Waals surface area contributed by atoms with Crippen molar-refractivity contribution in [1.29, 1.82) is 0 Å². The minimum absolute atomic E-state index is 0.177. The third kappa shape index (κ3) is 1.90. The van der Waals surface area contributed by atoms with Crippen molar-refractivity contribution < 1.29 is 0 Å². The molecule has 0 aliphatic heterocycles. The monoisotopic (exact) mass is 270 g/mol. The Morgan fingerprint density at radius 3 is 2.85 bits per heavy atom. The lowest BCUT2D eigenvalue weighted by molar-refractivity contribution is 0.532. The SMILES string of the molecule is CCn1nccc1C(NN)c1nn(C)c2ccccc12. The van der Waals surface area contributed by atoms with E-state index in [1.807, 2.05) is 34.6 Å². The van der Waals surface area contributed by atoms with Crippen molar-refractivity contribution in [1.82, 2.24) is 25.0 Å². The molecule has 3 aromatic rings. The normalized spacial score (nSPS) is 12.9. The molecule has 6 nitrogen and oxygen atoms in total. The van der Waals surface area contributed by atoms with Crippen molar-refractivity contribution in [2.24, 2.45) is 12.9 Å². The molecule has 1 atom stereocenters. The van der Waals surface area contributed by atoms with E-state index in [0.29, 0.717) is 0 Å². The van der Waals surface area contributed by atoms with Gasteiger partial charge < -0.3 is 0 Å². The van der Waals surface area contributed by atoms with Crippen LogP contribution in [0.3, 0.4) is 0 Å². The van der Waals surface area contributed by atoms with E-state index >= 15 is 0 Å². The van der Waals surface area contributed by atoms with Crippen LogP contribution in [-0.2, 0) is 13.6 Å². The first-order valence-corrected chi connectivity index (χ1v) is 6.65. The molecule has 6 heteroatoms. The van der Waals surface area contributed by atoms with Crippen molar-refractivity contribution in [3.05, 3.63) is 47.9 Å². The molecule has 3 N–H and O–H groups in total. The molecular formula is C14H18N6. The van der Waals surface area contributed by atoms with Gasteiger partial charge in [0.1, 0.15) is 6.04 Å². The molecule has 2 aromatic heterocycles. The van der Waals surface area contributed by atoms with Crippen LogP contribution in [0.1, 0.15) is 24.4 Å². The number of nitrogens with one attached hydrogen (secondary N) is 1. The van der Waals surface area contributed by atoms with E-state index in [4.69, 9.17) is 5.84 Å². The zero-order valence-corrected chi connectivity index (χ0v) is 11.6. The molecule has 0 saturated carbocycles. The van der Waals surface area contributed by atoms with Gasteiger partial charge in [-0.05, 0) is 19.1 Å². The molecule has 3 rings (SSSR count). The molecule has 0 aliphatic carbocycles. The standard InChI is InChI=1S/C14H18N6/c1-3-20-12(8-9-16-20)14(17-15)13-10-6-4-5-7-11(10)19(2)18-13/h4-9,14,17H,3,15H2,1-2H3. The minimum atomic E-state index is -0.177. The molecule has 0 bridgehead atoms. The van der Waals surface area contributed by atoms with Crippen LogP contribution >= 0.6 is 0 Å². The fraction of sp³-hybridized carbons (Fsp3) is 0.286. The second kappa shape index (κ2) is 5.07. The van der Waals surface area contributed by atoms with Crippen molar-refractivity contribution >= 4 is 10.9 Å². The van der Waals surface area contributed by atoms with Crippen molar-refractivity contribution in [2.45, 2.75) is 19.5 Å². The van der Waals surface area contributed by atoms with Crippen LogP contribution in [0.15, 0.2) is 36.5 Å². The van der Waals surface area contributed by atoms with Gasteiger partial charge in [-0.2, -0.15) is 10.2 Å². The number of benzene rings is 1. The molecule has 0 aliphatic rings. The van der Waals surface area contributed by atoms with Crippen molar-refractivity contribution in [3.8, 4) is 0 Å². The van der Waals surface area contributed by atoms with E-state index in [1.165, 1.54) is 0 Å². The number of aryl methyl sites for hydroxylation is 2. The first-order valence-electron chi connectivity index (χ1n) is 6.65. The maximum Gasteiger partial charge on any atom is 0.107 e. The van der Waals surface area contributed by atoms with Crippen LogP contribution in [0.4, 0.5) is 0 Å². The van der Waals surface area contributed by atoms with Gasteiger partial charge in [0.25, 0.3) is 0 Å². The number of hydrogen-bond acceptors (Lipinski definition) is 4. The predicted octanol–water partition coefficient (Wildman–Crippen LogP) is 1.34. The smallest absolute Gasteiger partial charge is 0.107 e. The largest absolute Gasteiger partial charge is 0.270 e. The Balaban J connectivity index is 2.17. The van der Waals surface area contributed by atoms with E-state index in [-0.39, 0.29) is 6.04 Å². The van der Waals surface area contributed by atoms with Gasteiger partial charge in [-0.3, -0.25) is 15.2 Å². The van der Waals surface area contributed by atoms with E-state index in [9.17, 15) is 0 Å². The summed E-state index contributed by atoms with van der Waals surface area (Å²) in [6.45, 7) is 2.85. The average molecular weight is 270 g/mol. The Kier molecular flexibility index (Phi) is 3.25. The first kappa shape index (κ1) is 12.8. The van der Waals surface area contributed by atoms with Crippen molar-refractivity contribution in [3.63, 3.8) is 0 Å². The Hall–Kier alpha value is -2.18. The number of hydrazine groups is 1. The second-order valence-electron chi connectivity index (χ2n) is 4.70. The van der Waals surface area contributed by atoms with Gasteiger partial charge in [0.05, 0.1) is 16.9 Å². The third-order valence-electron chi connectivity index (χ3n) is 3.57. The molecule has 1 unspecified atom stereocenters. The average Bonchev–Trinajstić information content (AvgIpc) is 3.07. The molecular weight excluding hydrogens is 252 g/mol. The molecule has 0 saturated heterocycles. The van der Waals surface area contributed by atoms with Crippen LogP contribution in [0.25, 0.3) is 10.9 Å². The fourth-order valence-electron chi connectivity index (χ4n) is 2.61. The first-order chi connectivity index (χ1) is 9.76. The van der Waals surface area contributed by atoms with E-state index in [2.05, 4.69) is 34.7 Å². The highest BCUT2D eigenvalue weighted by molar-refractivity contribution is 5.82. The molecule has 2 heterocycles. The van der Waals surface area contributed by atoms with Gasteiger partial charge in [-0.1, -0.05) is 18.2 Å². The van der Waals surface area contributed by atoms with E-state index < -0.39 is 0 Å². The minimum Gasteiger partial charge on any atom is -0.270 e. The van der Waals surface area contributed by atoms with Crippen molar-refractivity contribution in [2.75, 3.05) is 0 Å². The van der Waals surface area contributed by atoms with Crippen LogP contribution < -0.4 is 11.3 Å². The Morgan fingerprint density at radius 2 is 2.10 bits per heavy atom. The number of nitrogens with two attached hydrogens (primary N) is 1. The number of aromatic nitrogens is 4. The second-order valence-corrected chi connectivity index (χ2v) is 4.70. The Morgan fingerprint density at radius 1 is 1.30 bits per heavy atom. The number of hydrogen-bond donors (Lipinski definition) is 2. The number of para-hydroxylation sites is 1. The third-order valence-corrected chi connectivity index (χ3v) is 3.57. The highest BCUT2D eigenvalue weighted by atomic mass is 15.3. The van der Waals surface area contributed by atoms with Crippen LogP contribution in [-0.4, -0.2) is 19.6 Å². The molecule has 20 heavy (non-hydrogen) atoms. The summed E-state index contributed by atoms with van der Waals surface area (Å²) in [7, 11) is 1.94. The maximum atomic E-state index is 5.78. The number of nitrogens with zero attached hydrogens (tertiary/aromatic N) is 4. The summed E-state index contributed by atoms with van der Waals surface area (Å²) in [5.41, 5.74) is 5.88. The zero-order chi connectivity index (χ0) is 14.1. The van der Waals surface area contributed by atoms with Gasteiger partial charge in [-0.15, -0.1) is 0 Å². The summed E-state index contributed by atoms with van der Waals surface area (Å²) in [4.78, 5) is 0. The van der Waals surface area contributed by atoms with Gasteiger partial charge in [0, 0.05) is 25.2 Å². The lowest BCUT2D eigenvalue weighted by atomic mass is 10.1. The topological polar surface area (TPSA) is 73.7 Å². The van der Waals surface area contributed by atoms with Gasteiger partial charge in [0.15, 0.2) is 0 Å². The highest BCUT2D eigenvalue weighted by Crippen LogP contribution is 2.27. The summed E-state index contributed by atoms with van der Waals surface area (Å²) in [6.07, 6.45) is 1.79. The molecule has 1 aromatic carbocycles. The fourth-order valence-corrected chi connectivity index (χ4v) is 2.61. The molecule has 0 fully saturated rings. The lowest BCUT2D eigenvalue weighted by Crippen LogP contribution is -2.31. The number of rotatable bonds is 4. The summed E-state index contributed by atoms with van der Waals surface area (Å²) in [5, 5.41) is 10.0. The maximum absolute atomic E-state index is 5.78. The van der Waals surface area contributed by atoms with E-state index in [1.54, 1.807) is 6.20 Å². The lowest BCUT2D eigenvalue weighted by Gasteiger charge is -2.15. The highest BCUT2D eigenvalue weighted by Gasteiger charge is 2.22. The quantitative estimate of drug-likeness (QED) is 0.554. The summed E-state index contributed by atoms with van der Waals surface area (Å²) >= 11 is 0. The molecule has 0 amide bonds. The van der Waals surface area contributed by atoms with Crippen LogP contribution in [0.5, 0.6) is 0 Å². The Labute approximate surface area is 117 Å². The summed E-state index contributed by atoms with van der Waals surface area (Å²) in [6, 6.07) is 9.93.